The largest absolute Gasteiger partial charge is 0.416 e. The Morgan fingerprint density at radius 2 is 1.75 bits per heavy atom. The molecular formula is C25H25F5N2. The zero-order chi connectivity index (χ0) is 23.8. The first-order valence-corrected chi connectivity index (χ1v) is 10.3. The summed E-state index contributed by atoms with van der Waals surface area (Å²) in [6, 6.07) is 4.11. The van der Waals surface area contributed by atoms with Crippen LogP contribution in [0.5, 0.6) is 0 Å². The first kappa shape index (κ1) is 23.7. The molecule has 2 atom stereocenters. The quantitative estimate of drug-likeness (QED) is 0.378. The van der Waals surface area contributed by atoms with Crippen molar-refractivity contribution in [2.24, 2.45) is 11.0 Å². The van der Waals surface area contributed by atoms with Crippen LogP contribution in [0, 0.1) is 24.5 Å². The van der Waals surface area contributed by atoms with Crippen LogP contribution in [0.2, 0.25) is 0 Å². The second-order valence-electron chi connectivity index (χ2n) is 7.97. The molecule has 3 rings (SSSR count). The van der Waals surface area contributed by atoms with Gasteiger partial charge in [0.25, 0.3) is 0 Å². The van der Waals surface area contributed by atoms with Gasteiger partial charge in [0, 0.05) is 12.1 Å². The van der Waals surface area contributed by atoms with E-state index >= 15 is 0 Å². The smallest absolute Gasteiger partial charge is 0.302 e. The molecule has 1 aliphatic rings. The van der Waals surface area contributed by atoms with E-state index in [2.05, 4.69) is 17.1 Å². The Hall–Kier alpha value is -2.96. The van der Waals surface area contributed by atoms with Crippen molar-refractivity contribution < 1.29 is 22.0 Å². The van der Waals surface area contributed by atoms with Crippen molar-refractivity contribution in [3.8, 4) is 0 Å². The fourth-order valence-electron chi connectivity index (χ4n) is 4.11. The molecule has 7 heteroatoms. The lowest BCUT2D eigenvalue weighted by molar-refractivity contribution is -0.137. The highest BCUT2D eigenvalue weighted by atomic mass is 19.4. The predicted octanol–water partition coefficient (Wildman–Crippen LogP) is 7.24. The lowest BCUT2D eigenvalue weighted by Crippen LogP contribution is -2.20. The lowest BCUT2D eigenvalue weighted by atomic mass is 9.82. The third-order valence-corrected chi connectivity index (χ3v) is 5.77. The fourth-order valence-corrected chi connectivity index (χ4v) is 4.11. The number of halogens is 5. The van der Waals surface area contributed by atoms with Crippen molar-refractivity contribution in [1.82, 2.24) is 5.43 Å². The van der Waals surface area contributed by atoms with Gasteiger partial charge in [-0.1, -0.05) is 26.5 Å². The Morgan fingerprint density at radius 1 is 1.12 bits per heavy atom. The predicted molar refractivity (Wildman–Crippen MR) is 118 cm³/mol. The van der Waals surface area contributed by atoms with E-state index in [0.717, 1.165) is 12.1 Å². The van der Waals surface area contributed by atoms with Crippen LogP contribution in [0.4, 0.5) is 22.0 Å². The highest BCUT2D eigenvalue weighted by Gasteiger charge is 2.35. The van der Waals surface area contributed by atoms with Crippen LogP contribution < -0.4 is 5.43 Å². The molecule has 0 aromatic heterocycles. The monoisotopic (exact) mass is 448 g/mol. The zero-order valence-electron chi connectivity index (χ0n) is 18.4. The van der Waals surface area contributed by atoms with Gasteiger partial charge in [0.05, 0.1) is 17.2 Å². The van der Waals surface area contributed by atoms with Crippen LogP contribution in [-0.4, -0.2) is 6.21 Å². The Kier molecular flexibility index (Phi) is 6.58. The van der Waals surface area contributed by atoms with Gasteiger partial charge in [0.1, 0.15) is 11.6 Å². The minimum Gasteiger partial charge on any atom is -0.302 e. The Labute approximate surface area is 184 Å². The lowest BCUT2D eigenvalue weighted by Gasteiger charge is -2.25. The summed E-state index contributed by atoms with van der Waals surface area (Å²) in [5.74, 6) is -1.69. The average Bonchev–Trinajstić information content (AvgIpc) is 3.13. The maximum absolute atomic E-state index is 14.8. The summed E-state index contributed by atoms with van der Waals surface area (Å²) in [6.07, 6.45) is -0.835. The summed E-state index contributed by atoms with van der Waals surface area (Å²) in [5, 5.41) is 4.00. The van der Waals surface area contributed by atoms with Crippen molar-refractivity contribution in [1.29, 1.82) is 0 Å². The molecule has 0 aliphatic carbocycles. The summed E-state index contributed by atoms with van der Waals surface area (Å²) in [7, 11) is 0. The van der Waals surface area contributed by atoms with Crippen molar-refractivity contribution in [3.63, 3.8) is 0 Å². The molecule has 0 spiro atoms. The molecule has 2 aromatic carbocycles. The van der Waals surface area contributed by atoms with E-state index < -0.39 is 29.4 Å². The van der Waals surface area contributed by atoms with Crippen LogP contribution in [0.1, 0.15) is 60.2 Å². The third kappa shape index (κ3) is 4.33. The van der Waals surface area contributed by atoms with E-state index in [0.29, 0.717) is 34.2 Å². The van der Waals surface area contributed by atoms with Crippen LogP contribution in [0.25, 0.3) is 11.1 Å². The number of alkyl halides is 3. The average molecular weight is 448 g/mol. The maximum atomic E-state index is 14.8. The molecule has 1 aliphatic heterocycles. The molecule has 0 radical (unpaired) electrons. The molecule has 0 bridgehead atoms. The first-order chi connectivity index (χ1) is 15.0. The van der Waals surface area contributed by atoms with Gasteiger partial charge in [-0.15, -0.1) is 0 Å². The number of rotatable bonds is 5. The normalized spacial score (nSPS) is 18.7. The second-order valence-corrected chi connectivity index (χ2v) is 7.97. The number of nitrogens with zero attached hydrogens (tertiary/aromatic N) is 1. The van der Waals surface area contributed by atoms with Gasteiger partial charge in [-0.25, -0.2) is 8.78 Å². The molecule has 1 N–H and O–H groups in total. The summed E-state index contributed by atoms with van der Waals surface area (Å²) in [6.45, 7) is 10.8. The van der Waals surface area contributed by atoms with Gasteiger partial charge in [0.15, 0.2) is 0 Å². The van der Waals surface area contributed by atoms with Gasteiger partial charge < -0.3 is 5.43 Å². The highest BCUT2D eigenvalue weighted by Crippen LogP contribution is 2.42. The minimum atomic E-state index is -4.54. The van der Waals surface area contributed by atoms with Gasteiger partial charge in [-0.3, -0.25) is 0 Å². The van der Waals surface area contributed by atoms with Gasteiger partial charge in [0.2, 0.25) is 0 Å². The van der Waals surface area contributed by atoms with E-state index in [1.807, 2.05) is 6.92 Å². The molecule has 2 nitrogen and oxygen atoms in total. The molecule has 0 saturated carbocycles. The molecule has 2 aromatic rings. The van der Waals surface area contributed by atoms with E-state index in [-0.39, 0.29) is 17.1 Å². The summed E-state index contributed by atoms with van der Waals surface area (Å²) in [5.41, 5.74) is 3.86. The van der Waals surface area contributed by atoms with E-state index in [9.17, 15) is 22.0 Å². The van der Waals surface area contributed by atoms with E-state index in [1.54, 1.807) is 33.1 Å². The second kappa shape index (κ2) is 8.88. The van der Waals surface area contributed by atoms with E-state index in [4.69, 9.17) is 0 Å². The molecule has 0 amide bonds. The molecule has 32 heavy (non-hydrogen) atoms. The standard InChI is InChI=1S/C25H25F5N2/c1-6-16-9-20(26)23(21(27)10-16)15(5)18(7-2)22-13(3)8-17(25(28,29)30)11-19(22)24-14(4)12-31-32-24/h7-12,14,24,32H,5-6H2,1-4H3/b18-7-. The van der Waals surface area contributed by atoms with Crippen molar-refractivity contribution in [2.75, 3.05) is 0 Å². The highest BCUT2D eigenvalue weighted by molar-refractivity contribution is 6.05. The maximum Gasteiger partial charge on any atom is 0.416 e. The molecule has 2 unspecified atom stereocenters. The number of benzene rings is 2. The third-order valence-electron chi connectivity index (χ3n) is 5.77. The zero-order valence-corrected chi connectivity index (χ0v) is 18.4. The molecule has 170 valence electrons. The van der Waals surface area contributed by atoms with E-state index in [1.165, 1.54) is 12.1 Å². The summed E-state index contributed by atoms with van der Waals surface area (Å²) in [4.78, 5) is 0. The van der Waals surface area contributed by atoms with Crippen LogP contribution in [0.15, 0.2) is 42.0 Å². The number of hydrogen-bond donors (Lipinski definition) is 1. The molecule has 0 saturated heterocycles. The van der Waals surface area contributed by atoms with Crippen LogP contribution >= 0.6 is 0 Å². The number of hydrogen-bond acceptors (Lipinski definition) is 2. The molecular weight excluding hydrogens is 423 g/mol. The van der Waals surface area contributed by atoms with Gasteiger partial charge >= 0.3 is 6.18 Å². The number of hydrazone groups is 1. The van der Waals surface area contributed by atoms with Gasteiger partial charge in [-0.05, 0) is 77.9 Å². The summed E-state index contributed by atoms with van der Waals surface area (Å²) >= 11 is 0. The SMILES string of the molecule is C=C(/C(=C/C)c1c(C)cc(C(F)(F)F)cc1C1NN=CC1C)c1c(F)cc(CC)cc1F. The number of allylic oxidation sites excluding steroid dienone is 3. The van der Waals surface area contributed by atoms with Crippen LogP contribution in [-0.2, 0) is 12.6 Å². The molecule has 1 heterocycles. The van der Waals surface area contributed by atoms with Crippen molar-refractivity contribution >= 4 is 17.4 Å². The van der Waals surface area contributed by atoms with Gasteiger partial charge in [-0.2, -0.15) is 18.3 Å². The Bertz CT molecular complexity index is 1090. The number of aryl methyl sites for hydroxylation is 2. The number of nitrogens with one attached hydrogen (secondary N) is 1. The topological polar surface area (TPSA) is 24.4 Å². The Morgan fingerprint density at radius 3 is 2.22 bits per heavy atom. The summed E-state index contributed by atoms with van der Waals surface area (Å²) < 4.78 is 70.4. The van der Waals surface area contributed by atoms with Crippen molar-refractivity contribution in [2.45, 2.75) is 46.3 Å². The minimum absolute atomic E-state index is 0.0702. The Balaban J connectivity index is 2.22. The van der Waals surface area contributed by atoms with Crippen LogP contribution in [0.3, 0.4) is 0 Å². The fraction of sp³-hybridized carbons (Fsp3) is 0.320. The molecule has 0 fully saturated rings. The van der Waals surface area contributed by atoms with Crippen molar-refractivity contribution in [3.05, 3.63) is 81.9 Å². The first-order valence-electron chi connectivity index (χ1n) is 10.3.